The van der Waals surface area contributed by atoms with Crippen molar-refractivity contribution in [1.29, 1.82) is 0 Å². The van der Waals surface area contributed by atoms with Crippen LogP contribution >= 0.6 is 0 Å². The molecule has 0 bridgehead atoms. The molecule has 3 rings (SSSR count). The average Bonchev–Trinajstić information content (AvgIpc) is 2.98. The number of rotatable bonds is 4. The Balaban J connectivity index is 1.64. The Hall–Kier alpha value is -1.46. The van der Waals surface area contributed by atoms with Crippen LogP contribution in [-0.2, 0) is 4.79 Å². The molecule has 1 aromatic carbocycles. The molecule has 3 N–H and O–H groups in total. The van der Waals surface area contributed by atoms with Gasteiger partial charge in [-0.15, -0.1) is 0 Å². The molecule has 0 aromatic heterocycles. The summed E-state index contributed by atoms with van der Waals surface area (Å²) >= 11 is 0. The molecule has 5 heteroatoms. The quantitative estimate of drug-likeness (QED) is 0.794. The second kappa shape index (κ2) is 6.34. The monoisotopic (exact) mass is 306 g/mol. The first-order valence-electron chi connectivity index (χ1n) is 8.05. The van der Waals surface area contributed by atoms with Crippen LogP contribution < -0.4 is 10.6 Å². The highest BCUT2D eigenvalue weighted by atomic mass is 19.1. The molecule has 1 heterocycles. The van der Waals surface area contributed by atoms with Gasteiger partial charge in [-0.1, -0.05) is 31.0 Å². The van der Waals surface area contributed by atoms with E-state index in [9.17, 15) is 14.3 Å². The Morgan fingerprint density at radius 3 is 3.09 bits per heavy atom. The van der Waals surface area contributed by atoms with E-state index in [1.165, 1.54) is 12.5 Å². The fraction of sp³-hybridized carbons (Fsp3) is 0.588. The number of carbonyl (C=O) groups excluding carboxylic acids is 1. The van der Waals surface area contributed by atoms with E-state index in [1.54, 1.807) is 18.2 Å². The van der Waals surface area contributed by atoms with Gasteiger partial charge >= 0.3 is 0 Å². The number of amides is 1. The zero-order valence-electron chi connectivity index (χ0n) is 12.6. The predicted octanol–water partition coefficient (Wildman–Crippen LogP) is 1.76. The summed E-state index contributed by atoms with van der Waals surface area (Å²) in [7, 11) is 0. The van der Waals surface area contributed by atoms with Gasteiger partial charge in [0.1, 0.15) is 5.82 Å². The van der Waals surface area contributed by atoms with Crippen molar-refractivity contribution in [1.82, 2.24) is 10.6 Å². The molecular weight excluding hydrogens is 283 g/mol. The van der Waals surface area contributed by atoms with Gasteiger partial charge in [0.25, 0.3) is 0 Å². The van der Waals surface area contributed by atoms with E-state index in [0.717, 1.165) is 25.8 Å². The van der Waals surface area contributed by atoms with Crippen LogP contribution in [0.3, 0.4) is 0 Å². The number of fused-ring (bicyclic) bond motifs is 1. The molecule has 1 saturated heterocycles. The number of aliphatic hydroxyl groups is 1. The van der Waals surface area contributed by atoms with Crippen LogP contribution in [0.2, 0.25) is 0 Å². The van der Waals surface area contributed by atoms with Crippen LogP contribution in [-0.4, -0.2) is 30.6 Å². The summed E-state index contributed by atoms with van der Waals surface area (Å²) < 4.78 is 13.7. The molecule has 0 spiro atoms. The molecule has 1 aliphatic heterocycles. The topological polar surface area (TPSA) is 61.4 Å². The number of hydrogen-bond acceptors (Lipinski definition) is 3. The fourth-order valence-electron chi connectivity index (χ4n) is 3.91. The molecule has 2 fully saturated rings. The second-order valence-electron chi connectivity index (χ2n) is 6.48. The van der Waals surface area contributed by atoms with Gasteiger partial charge < -0.3 is 15.7 Å². The normalized spacial score (nSPS) is 28.9. The first-order valence-corrected chi connectivity index (χ1v) is 8.05. The second-order valence-corrected chi connectivity index (χ2v) is 6.48. The zero-order valence-corrected chi connectivity index (χ0v) is 12.6. The minimum absolute atomic E-state index is 0.00223. The highest BCUT2D eigenvalue weighted by Crippen LogP contribution is 2.43. The van der Waals surface area contributed by atoms with Gasteiger partial charge in [0, 0.05) is 18.7 Å². The molecule has 1 amide bonds. The highest BCUT2D eigenvalue weighted by molar-refractivity contribution is 5.84. The third-order valence-electron chi connectivity index (χ3n) is 5.21. The number of benzene rings is 1. The van der Waals surface area contributed by atoms with Crippen molar-refractivity contribution in [3.8, 4) is 0 Å². The SMILES string of the molecule is O=C(NCC(O)c1ccccc1F)[C@@]12CCCC[C@H]1CNC2. The largest absolute Gasteiger partial charge is 0.386 e. The van der Waals surface area contributed by atoms with Gasteiger partial charge in [-0.25, -0.2) is 4.39 Å². The minimum Gasteiger partial charge on any atom is -0.386 e. The third kappa shape index (κ3) is 2.75. The van der Waals surface area contributed by atoms with Crippen LogP contribution in [0.15, 0.2) is 24.3 Å². The standard InChI is InChI=1S/C17H23FN2O2/c18-14-7-2-1-6-13(14)15(21)10-20-16(22)17-8-4-3-5-12(17)9-19-11-17/h1-2,6-7,12,15,19,21H,3-5,8-11H2,(H,20,22)/t12-,15?,17+/m0/s1. The molecule has 0 radical (unpaired) electrons. The molecule has 1 aromatic rings. The maximum Gasteiger partial charge on any atom is 0.227 e. The predicted molar refractivity (Wildman–Crippen MR) is 81.6 cm³/mol. The summed E-state index contributed by atoms with van der Waals surface area (Å²) in [6, 6.07) is 6.13. The Bertz CT molecular complexity index is 551. The van der Waals surface area contributed by atoms with Crippen LogP contribution in [0.4, 0.5) is 4.39 Å². The third-order valence-corrected chi connectivity index (χ3v) is 5.21. The van der Waals surface area contributed by atoms with E-state index in [4.69, 9.17) is 0 Å². The number of hydrogen-bond donors (Lipinski definition) is 3. The van der Waals surface area contributed by atoms with Gasteiger partial charge in [-0.2, -0.15) is 0 Å². The number of halogens is 1. The van der Waals surface area contributed by atoms with E-state index in [0.29, 0.717) is 12.5 Å². The summed E-state index contributed by atoms with van der Waals surface area (Å²) in [5.41, 5.74) is -0.113. The smallest absolute Gasteiger partial charge is 0.227 e. The van der Waals surface area contributed by atoms with Crippen molar-refractivity contribution in [3.63, 3.8) is 0 Å². The summed E-state index contributed by atoms with van der Waals surface area (Å²) in [6.45, 7) is 1.65. The van der Waals surface area contributed by atoms with E-state index < -0.39 is 11.9 Å². The Labute approximate surface area is 130 Å². The number of aliphatic hydroxyl groups excluding tert-OH is 1. The lowest BCUT2D eigenvalue weighted by atomic mass is 9.67. The molecule has 1 saturated carbocycles. The van der Waals surface area contributed by atoms with Crippen molar-refractivity contribution in [2.75, 3.05) is 19.6 Å². The summed E-state index contributed by atoms with van der Waals surface area (Å²) in [5.74, 6) is -0.0649. The Morgan fingerprint density at radius 1 is 1.45 bits per heavy atom. The van der Waals surface area contributed by atoms with Crippen LogP contribution in [0, 0.1) is 17.2 Å². The Morgan fingerprint density at radius 2 is 2.27 bits per heavy atom. The van der Waals surface area contributed by atoms with Crippen molar-refractivity contribution in [2.45, 2.75) is 31.8 Å². The molecule has 2 aliphatic rings. The molecular formula is C17H23FN2O2. The number of nitrogens with one attached hydrogen (secondary N) is 2. The minimum atomic E-state index is -1.02. The first-order chi connectivity index (χ1) is 10.6. The van der Waals surface area contributed by atoms with Gasteiger partial charge in [0.15, 0.2) is 0 Å². The van der Waals surface area contributed by atoms with Crippen LogP contribution in [0.1, 0.15) is 37.4 Å². The van der Waals surface area contributed by atoms with Crippen molar-refractivity contribution in [3.05, 3.63) is 35.6 Å². The molecule has 1 aliphatic carbocycles. The number of carbonyl (C=O) groups is 1. The summed E-state index contributed by atoms with van der Waals surface area (Å²) in [4.78, 5) is 12.7. The maximum absolute atomic E-state index is 13.7. The van der Waals surface area contributed by atoms with Crippen molar-refractivity contribution in [2.24, 2.45) is 11.3 Å². The van der Waals surface area contributed by atoms with Gasteiger partial charge in [0.05, 0.1) is 11.5 Å². The summed E-state index contributed by atoms with van der Waals surface area (Å²) in [5, 5.41) is 16.3. The molecule has 4 nitrogen and oxygen atoms in total. The van der Waals surface area contributed by atoms with Gasteiger partial charge in [0.2, 0.25) is 5.91 Å². The van der Waals surface area contributed by atoms with E-state index in [1.807, 2.05) is 0 Å². The maximum atomic E-state index is 13.7. The van der Waals surface area contributed by atoms with Crippen LogP contribution in [0.5, 0.6) is 0 Å². The first kappa shape index (κ1) is 15.4. The zero-order chi connectivity index (χ0) is 15.6. The van der Waals surface area contributed by atoms with Gasteiger partial charge in [-0.05, 0) is 31.4 Å². The lowest BCUT2D eigenvalue weighted by Gasteiger charge is -2.37. The lowest BCUT2D eigenvalue weighted by Crippen LogP contribution is -2.48. The van der Waals surface area contributed by atoms with Crippen molar-refractivity contribution >= 4 is 5.91 Å². The molecule has 120 valence electrons. The van der Waals surface area contributed by atoms with Gasteiger partial charge in [-0.3, -0.25) is 4.79 Å². The average molecular weight is 306 g/mol. The highest BCUT2D eigenvalue weighted by Gasteiger charge is 2.49. The van der Waals surface area contributed by atoms with E-state index in [-0.39, 0.29) is 23.4 Å². The fourth-order valence-corrected chi connectivity index (χ4v) is 3.91. The lowest BCUT2D eigenvalue weighted by molar-refractivity contribution is -0.134. The molecule has 3 atom stereocenters. The van der Waals surface area contributed by atoms with E-state index in [2.05, 4.69) is 10.6 Å². The molecule has 22 heavy (non-hydrogen) atoms. The Kier molecular flexibility index (Phi) is 4.45. The van der Waals surface area contributed by atoms with Crippen molar-refractivity contribution < 1.29 is 14.3 Å². The van der Waals surface area contributed by atoms with E-state index >= 15 is 0 Å². The van der Waals surface area contributed by atoms with Crippen LogP contribution in [0.25, 0.3) is 0 Å². The summed E-state index contributed by atoms with van der Waals surface area (Å²) in [6.07, 6.45) is 3.21. The molecule has 1 unspecified atom stereocenters.